The molecule has 1 heterocycles. The molecule has 1 rings (SSSR count). The number of carboxylic acids is 1. The summed E-state index contributed by atoms with van der Waals surface area (Å²) in [5.41, 5.74) is 5.33. The lowest BCUT2D eigenvalue weighted by molar-refractivity contribution is -0.138. The number of hydrogen-bond donors (Lipinski definition) is 2. The van der Waals surface area contributed by atoms with Crippen molar-refractivity contribution in [3.8, 4) is 5.75 Å². The third-order valence-corrected chi connectivity index (χ3v) is 1.62. The van der Waals surface area contributed by atoms with E-state index in [-0.39, 0.29) is 6.54 Å². The van der Waals surface area contributed by atoms with Gasteiger partial charge in [-0.05, 0) is 6.92 Å². The lowest BCUT2D eigenvalue weighted by Crippen LogP contribution is -2.34. The van der Waals surface area contributed by atoms with Crippen LogP contribution in [0.25, 0.3) is 0 Å². The number of rotatable bonds is 5. The average Bonchev–Trinajstić information content (AvgIpc) is 2.53. The molecule has 6 heteroatoms. The first kappa shape index (κ1) is 10.5. The molecular formula is C8H13N3O3. The van der Waals surface area contributed by atoms with E-state index in [9.17, 15) is 4.79 Å². The molecule has 1 atom stereocenters. The van der Waals surface area contributed by atoms with E-state index in [1.54, 1.807) is 6.20 Å². The Labute approximate surface area is 81.3 Å². The van der Waals surface area contributed by atoms with Gasteiger partial charge in [0.1, 0.15) is 6.04 Å². The highest BCUT2D eigenvalue weighted by atomic mass is 16.5. The van der Waals surface area contributed by atoms with Crippen molar-refractivity contribution in [2.45, 2.75) is 19.5 Å². The largest absolute Gasteiger partial charge is 0.491 e. The molecule has 0 bridgehead atoms. The summed E-state index contributed by atoms with van der Waals surface area (Å²) in [6, 6.07) is -0.940. The molecule has 0 aliphatic heterocycles. The Kier molecular flexibility index (Phi) is 3.47. The fourth-order valence-corrected chi connectivity index (χ4v) is 0.965. The third-order valence-electron chi connectivity index (χ3n) is 1.62. The van der Waals surface area contributed by atoms with Gasteiger partial charge < -0.3 is 15.6 Å². The summed E-state index contributed by atoms with van der Waals surface area (Å²) in [6.07, 6.45) is 3.14. The Morgan fingerprint density at radius 3 is 3.14 bits per heavy atom. The zero-order valence-corrected chi connectivity index (χ0v) is 7.88. The van der Waals surface area contributed by atoms with Crippen LogP contribution in [0.2, 0.25) is 0 Å². The van der Waals surface area contributed by atoms with Gasteiger partial charge in [-0.15, -0.1) is 0 Å². The molecule has 0 radical (unpaired) electrons. The highest BCUT2D eigenvalue weighted by molar-refractivity contribution is 5.72. The van der Waals surface area contributed by atoms with Gasteiger partial charge in [0.15, 0.2) is 5.75 Å². The number of hydrogen-bond acceptors (Lipinski definition) is 4. The van der Waals surface area contributed by atoms with E-state index in [1.165, 1.54) is 10.9 Å². The molecule has 6 nitrogen and oxygen atoms in total. The topological polar surface area (TPSA) is 90.4 Å². The lowest BCUT2D eigenvalue weighted by atomic mass is 10.3. The predicted octanol–water partition coefficient (Wildman–Crippen LogP) is -0.306. The number of aliphatic carboxylic acids is 1. The highest BCUT2D eigenvalue weighted by Gasteiger charge is 2.12. The van der Waals surface area contributed by atoms with E-state index in [0.717, 1.165) is 0 Å². The molecule has 0 amide bonds. The Morgan fingerprint density at radius 2 is 2.57 bits per heavy atom. The van der Waals surface area contributed by atoms with E-state index >= 15 is 0 Å². The molecule has 0 aromatic carbocycles. The number of ether oxygens (including phenoxy) is 1. The normalized spacial score (nSPS) is 12.4. The number of carbonyl (C=O) groups is 1. The van der Waals surface area contributed by atoms with Crippen molar-refractivity contribution >= 4 is 5.97 Å². The molecule has 1 aromatic heterocycles. The fraction of sp³-hybridized carbons (Fsp3) is 0.500. The van der Waals surface area contributed by atoms with Crippen molar-refractivity contribution in [1.82, 2.24) is 9.78 Å². The first-order chi connectivity index (χ1) is 6.63. The van der Waals surface area contributed by atoms with E-state index in [4.69, 9.17) is 15.6 Å². The van der Waals surface area contributed by atoms with Gasteiger partial charge in [0.2, 0.25) is 0 Å². The van der Waals surface area contributed by atoms with E-state index < -0.39 is 12.0 Å². The summed E-state index contributed by atoms with van der Waals surface area (Å²) in [7, 11) is 0. The Bertz CT molecular complexity index is 311. The molecule has 0 aliphatic carbocycles. The van der Waals surface area contributed by atoms with Gasteiger partial charge in [0.25, 0.3) is 0 Å². The second-order valence-corrected chi connectivity index (χ2v) is 2.78. The van der Waals surface area contributed by atoms with E-state index in [1.807, 2.05) is 6.92 Å². The Morgan fingerprint density at radius 1 is 1.86 bits per heavy atom. The monoisotopic (exact) mass is 199 g/mol. The Hall–Kier alpha value is -1.56. The van der Waals surface area contributed by atoms with Crippen molar-refractivity contribution < 1.29 is 14.6 Å². The summed E-state index contributed by atoms with van der Waals surface area (Å²) >= 11 is 0. The minimum absolute atomic E-state index is 0.141. The van der Waals surface area contributed by atoms with Crippen LogP contribution in [0.4, 0.5) is 0 Å². The minimum Gasteiger partial charge on any atom is -0.491 e. The zero-order chi connectivity index (χ0) is 10.6. The van der Waals surface area contributed by atoms with Gasteiger partial charge in [-0.25, -0.2) is 0 Å². The molecule has 3 N–H and O–H groups in total. The maximum absolute atomic E-state index is 10.4. The quantitative estimate of drug-likeness (QED) is 0.679. The van der Waals surface area contributed by atoms with Gasteiger partial charge >= 0.3 is 5.97 Å². The van der Waals surface area contributed by atoms with Gasteiger partial charge in [0, 0.05) is 0 Å². The highest BCUT2D eigenvalue weighted by Crippen LogP contribution is 2.07. The van der Waals surface area contributed by atoms with Crippen LogP contribution >= 0.6 is 0 Å². The molecular weight excluding hydrogens is 186 g/mol. The lowest BCUT2D eigenvalue weighted by Gasteiger charge is -2.05. The van der Waals surface area contributed by atoms with Crippen LogP contribution in [0, 0.1) is 0 Å². The molecule has 0 saturated carbocycles. The molecule has 0 saturated heterocycles. The summed E-state index contributed by atoms with van der Waals surface area (Å²) in [5, 5.41) is 12.5. The molecule has 0 aliphatic rings. The number of carboxylic acid groups (broad SMARTS) is 1. The first-order valence-electron chi connectivity index (χ1n) is 4.27. The average molecular weight is 199 g/mol. The number of aromatic nitrogens is 2. The van der Waals surface area contributed by atoms with Crippen LogP contribution in [-0.2, 0) is 11.3 Å². The first-order valence-corrected chi connectivity index (χ1v) is 4.27. The maximum Gasteiger partial charge on any atom is 0.322 e. The molecule has 14 heavy (non-hydrogen) atoms. The molecule has 0 fully saturated rings. The zero-order valence-electron chi connectivity index (χ0n) is 7.88. The summed E-state index contributed by atoms with van der Waals surface area (Å²) in [6.45, 7) is 2.55. The molecule has 0 spiro atoms. The smallest absolute Gasteiger partial charge is 0.322 e. The maximum atomic E-state index is 10.4. The van der Waals surface area contributed by atoms with Gasteiger partial charge in [-0.1, -0.05) is 0 Å². The van der Waals surface area contributed by atoms with Crippen molar-refractivity contribution in [1.29, 1.82) is 0 Å². The summed E-state index contributed by atoms with van der Waals surface area (Å²) < 4.78 is 6.61. The van der Waals surface area contributed by atoms with Crippen molar-refractivity contribution in [2.75, 3.05) is 6.61 Å². The van der Waals surface area contributed by atoms with Crippen LogP contribution in [0.5, 0.6) is 5.75 Å². The second-order valence-electron chi connectivity index (χ2n) is 2.78. The fourth-order valence-electron chi connectivity index (χ4n) is 0.965. The van der Waals surface area contributed by atoms with Crippen molar-refractivity contribution in [3.05, 3.63) is 12.4 Å². The van der Waals surface area contributed by atoms with Crippen LogP contribution in [0.1, 0.15) is 6.92 Å². The van der Waals surface area contributed by atoms with Gasteiger partial charge in [-0.3, -0.25) is 9.48 Å². The van der Waals surface area contributed by atoms with E-state index in [0.29, 0.717) is 12.4 Å². The van der Waals surface area contributed by atoms with Crippen LogP contribution in [-0.4, -0.2) is 33.5 Å². The summed E-state index contributed by atoms with van der Waals surface area (Å²) in [5.74, 6) is -0.427. The van der Waals surface area contributed by atoms with Crippen LogP contribution in [0.3, 0.4) is 0 Å². The number of nitrogens with two attached hydrogens (primary N) is 1. The number of nitrogens with zero attached hydrogens (tertiary/aromatic N) is 2. The predicted molar refractivity (Wildman–Crippen MR) is 49.0 cm³/mol. The van der Waals surface area contributed by atoms with Gasteiger partial charge in [-0.2, -0.15) is 5.10 Å². The minimum atomic E-state index is -1.04. The van der Waals surface area contributed by atoms with Crippen LogP contribution < -0.4 is 10.5 Å². The standard InChI is InChI=1S/C8H13N3O3/c1-2-14-6-3-10-11(4-6)5-7(9)8(12)13/h3-4,7H,2,5,9H2,1H3,(H,12,13). The van der Waals surface area contributed by atoms with E-state index in [2.05, 4.69) is 5.10 Å². The van der Waals surface area contributed by atoms with Crippen molar-refractivity contribution in [2.24, 2.45) is 5.73 Å². The van der Waals surface area contributed by atoms with Crippen molar-refractivity contribution in [3.63, 3.8) is 0 Å². The van der Waals surface area contributed by atoms with Crippen LogP contribution in [0.15, 0.2) is 12.4 Å². The Balaban J connectivity index is 2.55. The third kappa shape index (κ3) is 2.74. The summed E-state index contributed by atoms with van der Waals surface area (Å²) in [4.78, 5) is 10.4. The molecule has 78 valence electrons. The molecule has 1 unspecified atom stereocenters. The SMILES string of the molecule is CCOc1cnn(CC(N)C(=O)O)c1. The second kappa shape index (κ2) is 4.61. The van der Waals surface area contributed by atoms with Gasteiger partial charge in [0.05, 0.1) is 25.5 Å². The molecule has 1 aromatic rings.